The molecule has 0 spiro atoms. The van der Waals surface area contributed by atoms with Crippen LogP contribution in [-0.2, 0) is 12.8 Å². The van der Waals surface area contributed by atoms with E-state index in [4.69, 9.17) is 5.11 Å². The molecule has 1 aromatic carbocycles. The first-order valence-electron chi connectivity index (χ1n) is 5.34. The molecule has 0 aliphatic carbocycles. The van der Waals surface area contributed by atoms with Crippen molar-refractivity contribution in [3.05, 3.63) is 53.5 Å². The third-order valence-electron chi connectivity index (χ3n) is 2.59. The molecule has 6 heteroatoms. The highest BCUT2D eigenvalue weighted by Gasteiger charge is 2.30. The van der Waals surface area contributed by atoms with Crippen molar-refractivity contribution < 1.29 is 22.7 Å². The van der Waals surface area contributed by atoms with Gasteiger partial charge in [-0.2, -0.15) is 13.2 Å². The summed E-state index contributed by atoms with van der Waals surface area (Å²) in [5, 5.41) is 9.10. The van der Waals surface area contributed by atoms with Crippen molar-refractivity contribution in [3.8, 4) is 11.3 Å². The lowest BCUT2D eigenvalue weighted by atomic mass is 10.0. The first-order chi connectivity index (χ1) is 8.91. The summed E-state index contributed by atoms with van der Waals surface area (Å²) >= 11 is 0. The fourth-order valence-corrected chi connectivity index (χ4v) is 1.68. The van der Waals surface area contributed by atoms with Crippen LogP contribution in [0.1, 0.15) is 11.1 Å². The number of pyridine rings is 1. The third kappa shape index (κ3) is 2.90. The van der Waals surface area contributed by atoms with Crippen LogP contribution in [0.2, 0.25) is 0 Å². The monoisotopic (exact) mass is 271 g/mol. The van der Waals surface area contributed by atoms with Gasteiger partial charge in [-0.3, -0.25) is 4.98 Å². The lowest BCUT2D eigenvalue weighted by molar-refractivity contribution is -0.137. The number of nitrogens with zero attached hydrogens (tertiary/aromatic N) is 1. The lowest BCUT2D eigenvalue weighted by Crippen LogP contribution is -2.04. The standard InChI is InChI=1S/C13H9F4NO/c14-11-5-9(7-19)12(18-6-11)8-1-3-10(4-2-8)13(15,16)17/h1-6,19H,7H2. The highest BCUT2D eigenvalue weighted by molar-refractivity contribution is 5.63. The molecule has 0 aliphatic rings. The minimum absolute atomic E-state index is 0.222. The van der Waals surface area contributed by atoms with E-state index >= 15 is 0 Å². The number of rotatable bonds is 2. The van der Waals surface area contributed by atoms with Crippen LogP contribution in [0.5, 0.6) is 0 Å². The zero-order valence-electron chi connectivity index (χ0n) is 9.58. The van der Waals surface area contributed by atoms with Crippen molar-refractivity contribution >= 4 is 0 Å². The van der Waals surface area contributed by atoms with E-state index in [1.807, 2.05) is 0 Å². The zero-order valence-corrected chi connectivity index (χ0v) is 9.58. The van der Waals surface area contributed by atoms with Crippen LogP contribution in [0, 0.1) is 5.82 Å². The molecule has 0 saturated heterocycles. The van der Waals surface area contributed by atoms with Crippen LogP contribution in [0.3, 0.4) is 0 Å². The van der Waals surface area contributed by atoms with Gasteiger partial charge < -0.3 is 5.11 Å². The Balaban J connectivity index is 2.43. The molecule has 2 nitrogen and oxygen atoms in total. The van der Waals surface area contributed by atoms with E-state index in [9.17, 15) is 17.6 Å². The van der Waals surface area contributed by atoms with Gasteiger partial charge in [-0.1, -0.05) is 12.1 Å². The van der Waals surface area contributed by atoms with Crippen molar-refractivity contribution in [1.82, 2.24) is 4.98 Å². The largest absolute Gasteiger partial charge is 0.416 e. The van der Waals surface area contributed by atoms with Gasteiger partial charge in [0.05, 0.1) is 24.1 Å². The normalized spacial score (nSPS) is 11.6. The maximum absolute atomic E-state index is 12.9. The summed E-state index contributed by atoms with van der Waals surface area (Å²) in [6.07, 6.45) is -3.46. The Bertz CT molecular complexity index is 578. The summed E-state index contributed by atoms with van der Waals surface area (Å²) in [6, 6.07) is 5.41. The maximum Gasteiger partial charge on any atom is 0.416 e. The number of halogens is 4. The maximum atomic E-state index is 12.9. The van der Waals surface area contributed by atoms with Gasteiger partial charge in [0, 0.05) is 11.1 Å². The van der Waals surface area contributed by atoms with E-state index in [2.05, 4.69) is 4.98 Å². The van der Waals surface area contributed by atoms with Gasteiger partial charge in [0.2, 0.25) is 0 Å². The second-order valence-electron chi connectivity index (χ2n) is 3.89. The van der Waals surface area contributed by atoms with Gasteiger partial charge in [-0.15, -0.1) is 0 Å². The van der Waals surface area contributed by atoms with Crippen molar-refractivity contribution in [1.29, 1.82) is 0 Å². The van der Waals surface area contributed by atoms with Crippen LogP contribution in [-0.4, -0.2) is 10.1 Å². The second kappa shape index (κ2) is 4.97. The Morgan fingerprint density at radius 1 is 1.11 bits per heavy atom. The molecule has 0 unspecified atom stereocenters. The molecule has 2 aromatic rings. The van der Waals surface area contributed by atoms with Crippen molar-refractivity contribution in [2.24, 2.45) is 0 Å². The lowest BCUT2D eigenvalue weighted by Gasteiger charge is -2.09. The molecular formula is C13H9F4NO. The first-order valence-corrected chi connectivity index (χ1v) is 5.34. The van der Waals surface area contributed by atoms with Gasteiger partial charge in [0.15, 0.2) is 0 Å². The molecule has 2 rings (SSSR count). The molecule has 1 aromatic heterocycles. The molecule has 1 heterocycles. The molecule has 0 atom stereocenters. The van der Waals surface area contributed by atoms with Gasteiger partial charge in [-0.05, 0) is 18.2 Å². The molecule has 0 amide bonds. The van der Waals surface area contributed by atoms with Crippen LogP contribution in [0.15, 0.2) is 36.5 Å². The summed E-state index contributed by atoms with van der Waals surface area (Å²) in [5.74, 6) is -0.611. The smallest absolute Gasteiger partial charge is 0.392 e. The molecule has 19 heavy (non-hydrogen) atoms. The number of aliphatic hydroxyl groups excluding tert-OH is 1. The van der Waals surface area contributed by atoms with Crippen LogP contribution in [0.4, 0.5) is 17.6 Å². The zero-order chi connectivity index (χ0) is 14.0. The average molecular weight is 271 g/mol. The van der Waals surface area contributed by atoms with E-state index < -0.39 is 24.2 Å². The highest BCUT2D eigenvalue weighted by Crippen LogP contribution is 2.31. The van der Waals surface area contributed by atoms with Crippen LogP contribution in [0.25, 0.3) is 11.3 Å². The molecule has 0 fully saturated rings. The Labute approximate surface area is 106 Å². The summed E-state index contributed by atoms with van der Waals surface area (Å²) in [5.41, 5.74) is 0.0957. The predicted molar refractivity (Wildman–Crippen MR) is 60.6 cm³/mol. The van der Waals surface area contributed by atoms with Gasteiger partial charge in [0.1, 0.15) is 5.82 Å². The first kappa shape index (κ1) is 13.5. The highest BCUT2D eigenvalue weighted by atomic mass is 19.4. The SMILES string of the molecule is OCc1cc(F)cnc1-c1ccc(C(F)(F)F)cc1. The van der Waals surface area contributed by atoms with E-state index in [-0.39, 0.29) is 11.3 Å². The van der Waals surface area contributed by atoms with E-state index in [0.29, 0.717) is 5.56 Å². The molecular weight excluding hydrogens is 262 g/mol. The number of alkyl halides is 3. The van der Waals surface area contributed by atoms with Crippen molar-refractivity contribution in [3.63, 3.8) is 0 Å². The summed E-state index contributed by atoms with van der Waals surface area (Å²) in [4.78, 5) is 3.79. The quantitative estimate of drug-likeness (QED) is 0.849. The molecule has 1 N–H and O–H groups in total. The van der Waals surface area contributed by atoms with Crippen LogP contribution >= 0.6 is 0 Å². The van der Waals surface area contributed by atoms with Crippen LogP contribution < -0.4 is 0 Å². The number of aliphatic hydroxyl groups is 1. The number of benzene rings is 1. The second-order valence-corrected chi connectivity index (χ2v) is 3.89. The number of hydrogen-bond acceptors (Lipinski definition) is 2. The summed E-state index contributed by atoms with van der Waals surface area (Å²) < 4.78 is 50.2. The van der Waals surface area contributed by atoms with E-state index in [1.165, 1.54) is 12.1 Å². The van der Waals surface area contributed by atoms with Crippen molar-refractivity contribution in [2.45, 2.75) is 12.8 Å². The average Bonchev–Trinajstić information content (AvgIpc) is 2.37. The molecule has 0 aliphatic heterocycles. The molecule has 0 radical (unpaired) electrons. The van der Waals surface area contributed by atoms with Gasteiger partial charge in [0.25, 0.3) is 0 Å². The van der Waals surface area contributed by atoms with E-state index in [0.717, 1.165) is 24.4 Å². The minimum atomic E-state index is -4.41. The van der Waals surface area contributed by atoms with E-state index in [1.54, 1.807) is 0 Å². The molecule has 0 bridgehead atoms. The fourth-order valence-electron chi connectivity index (χ4n) is 1.68. The summed E-state index contributed by atoms with van der Waals surface area (Å²) in [6.45, 7) is -0.443. The summed E-state index contributed by atoms with van der Waals surface area (Å²) in [7, 11) is 0. The minimum Gasteiger partial charge on any atom is -0.392 e. The Kier molecular flexibility index (Phi) is 3.53. The van der Waals surface area contributed by atoms with Gasteiger partial charge >= 0.3 is 6.18 Å². The van der Waals surface area contributed by atoms with Crippen molar-refractivity contribution in [2.75, 3.05) is 0 Å². The fraction of sp³-hybridized carbons (Fsp3) is 0.154. The number of hydrogen-bond donors (Lipinski definition) is 1. The Morgan fingerprint density at radius 3 is 2.26 bits per heavy atom. The molecule has 100 valence electrons. The molecule has 0 saturated carbocycles. The Morgan fingerprint density at radius 2 is 1.74 bits per heavy atom. The van der Waals surface area contributed by atoms with Gasteiger partial charge in [-0.25, -0.2) is 4.39 Å². The third-order valence-corrected chi connectivity index (χ3v) is 2.59. The Hall–Kier alpha value is -1.95. The topological polar surface area (TPSA) is 33.1 Å². The number of aromatic nitrogens is 1. The predicted octanol–water partition coefficient (Wildman–Crippen LogP) is 3.40.